The number of benzene rings is 1. The Morgan fingerprint density at radius 1 is 1.20 bits per heavy atom. The lowest BCUT2D eigenvalue weighted by molar-refractivity contribution is 0.114. The summed E-state index contributed by atoms with van der Waals surface area (Å²) >= 11 is 0. The maximum atomic E-state index is 11.4. The number of hydrogen-bond donors (Lipinski definition) is 1. The first-order chi connectivity index (χ1) is 7.34. The molecule has 15 heavy (non-hydrogen) atoms. The van der Waals surface area contributed by atoms with Crippen LogP contribution in [0.1, 0.15) is 25.7 Å². The average Bonchev–Trinajstić information content (AvgIpc) is 2.71. The van der Waals surface area contributed by atoms with Crippen molar-refractivity contribution in [1.29, 1.82) is 0 Å². The maximum absolute atomic E-state index is 11.4. The fourth-order valence-electron chi connectivity index (χ4n) is 1.83. The topological polar surface area (TPSA) is 38.3 Å². The minimum Gasteiger partial charge on any atom is -0.446 e. The second-order valence-corrected chi connectivity index (χ2v) is 3.80. The van der Waals surface area contributed by atoms with Gasteiger partial charge in [-0.1, -0.05) is 18.2 Å². The van der Waals surface area contributed by atoms with Crippen LogP contribution in [0.15, 0.2) is 30.3 Å². The fraction of sp³-hybridized carbons (Fsp3) is 0.417. The molecule has 1 aromatic carbocycles. The molecule has 1 aliphatic carbocycles. The van der Waals surface area contributed by atoms with Crippen LogP contribution in [0.3, 0.4) is 0 Å². The second kappa shape index (κ2) is 4.82. The molecule has 2 rings (SSSR count). The summed E-state index contributed by atoms with van der Waals surface area (Å²) in [5, 5.41) is 2.71. The van der Waals surface area contributed by atoms with Crippen molar-refractivity contribution in [2.45, 2.75) is 31.8 Å². The predicted octanol–water partition coefficient (Wildman–Crippen LogP) is 3.18. The van der Waals surface area contributed by atoms with Gasteiger partial charge in [0.15, 0.2) is 0 Å². The van der Waals surface area contributed by atoms with Gasteiger partial charge in [0.25, 0.3) is 0 Å². The number of rotatable bonds is 2. The lowest BCUT2D eigenvalue weighted by Crippen LogP contribution is -2.19. The highest BCUT2D eigenvalue weighted by Gasteiger charge is 2.18. The van der Waals surface area contributed by atoms with Gasteiger partial charge in [0.1, 0.15) is 6.10 Å². The summed E-state index contributed by atoms with van der Waals surface area (Å²) in [4.78, 5) is 11.4. The third-order valence-corrected chi connectivity index (χ3v) is 2.60. The first kappa shape index (κ1) is 10.0. The molecule has 0 saturated heterocycles. The first-order valence-electron chi connectivity index (χ1n) is 5.37. The highest BCUT2D eigenvalue weighted by molar-refractivity contribution is 5.84. The standard InChI is InChI=1S/C12H15NO2/c14-12(15-11-8-4-5-9-11)13-10-6-2-1-3-7-10/h1-3,6-7,11H,4-5,8-9H2,(H,13,14). The Morgan fingerprint density at radius 2 is 1.87 bits per heavy atom. The van der Waals surface area contributed by atoms with Gasteiger partial charge in [-0.2, -0.15) is 0 Å². The molecule has 3 heteroatoms. The number of carbonyl (C=O) groups is 1. The van der Waals surface area contributed by atoms with E-state index >= 15 is 0 Å². The Morgan fingerprint density at radius 3 is 2.53 bits per heavy atom. The van der Waals surface area contributed by atoms with Crippen molar-refractivity contribution < 1.29 is 9.53 Å². The second-order valence-electron chi connectivity index (χ2n) is 3.80. The van der Waals surface area contributed by atoms with Gasteiger partial charge >= 0.3 is 6.09 Å². The molecule has 0 unspecified atom stereocenters. The van der Waals surface area contributed by atoms with Crippen molar-refractivity contribution >= 4 is 11.8 Å². The van der Waals surface area contributed by atoms with Gasteiger partial charge in [-0.3, -0.25) is 5.32 Å². The molecule has 1 saturated carbocycles. The van der Waals surface area contributed by atoms with Gasteiger partial charge in [0, 0.05) is 5.69 Å². The van der Waals surface area contributed by atoms with Gasteiger partial charge < -0.3 is 4.74 Å². The van der Waals surface area contributed by atoms with E-state index in [1.165, 1.54) is 12.8 Å². The first-order valence-corrected chi connectivity index (χ1v) is 5.37. The van der Waals surface area contributed by atoms with E-state index in [0.29, 0.717) is 0 Å². The lowest BCUT2D eigenvalue weighted by Gasteiger charge is -2.11. The van der Waals surface area contributed by atoms with E-state index in [0.717, 1.165) is 18.5 Å². The Labute approximate surface area is 89.4 Å². The summed E-state index contributed by atoms with van der Waals surface area (Å²) in [5.74, 6) is 0. The van der Waals surface area contributed by atoms with E-state index in [4.69, 9.17) is 4.74 Å². The number of anilines is 1. The lowest BCUT2D eigenvalue weighted by atomic mass is 10.3. The third kappa shape index (κ3) is 2.98. The quantitative estimate of drug-likeness (QED) is 0.805. The molecule has 1 N–H and O–H groups in total. The molecule has 0 heterocycles. The summed E-state index contributed by atoms with van der Waals surface area (Å²) in [6.45, 7) is 0. The Kier molecular flexibility index (Phi) is 3.22. The fourth-order valence-corrected chi connectivity index (χ4v) is 1.83. The van der Waals surface area contributed by atoms with Gasteiger partial charge in [0.2, 0.25) is 0 Å². The minimum atomic E-state index is -0.340. The molecule has 1 aliphatic rings. The molecule has 0 bridgehead atoms. The number of carbonyl (C=O) groups excluding carboxylic acids is 1. The molecular weight excluding hydrogens is 190 g/mol. The normalized spacial score (nSPS) is 16.3. The van der Waals surface area contributed by atoms with Crippen LogP contribution in [-0.4, -0.2) is 12.2 Å². The number of amides is 1. The van der Waals surface area contributed by atoms with E-state index in [-0.39, 0.29) is 12.2 Å². The molecule has 80 valence electrons. The minimum absolute atomic E-state index is 0.119. The smallest absolute Gasteiger partial charge is 0.411 e. The molecule has 1 amide bonds. The van der Waals surface area contributed by atoms with Crippen LogP contribution in [0.4, 0.5) is 10.5 Å². The third-order valence-electron chi connectivity index (χ3n) is 2.60. The zero-order valence-electron chi connectivity index (χ0n) is 8.61. The monoisotopic (exact) mass is 205 g/mol. The largest absolute Gasteiger partial charge is 0.446 e. The van der Waals surface area contributed by atoms with Gasteiger partial charge in [-0.15, -0.1) is 0 Å². The van der Waals surface area contributed by atoms with Crippen LogP contribution < -0.4 is 5.32 Å². The Balaban J connectivity index is 1.82. The maximum Gasteiger partial charge on any atom is 0.411 e. The molecule has 0 spiro atoms. The van der Waals surface area contributed by atoms with E-state index < -0.39 is 0 Å². The molecule has 1 aromatic rings. The zero-order valence-corrected chi connectivity index (χ0v) is 8.61. The van der Waals surface area contributed by atoms with E-state index in [1.807, 2.05) is 30.3 Å². The highest BCUT2D eigenvalue weighted by atomic mass is 16.6. The molecule has 0 atom stereocenters. The Bertz CT molecular complexity index is 318. The van der Waals surface area contributed by atoms with Crippen LogP contribution in [-0.2, 0) is 4.74 Å². The molecule has 1 fully saturated rings. The zero-order chi connectivity index (χ0) is 10.5. The predicted molar refractivity (Wildman–Crippen MR) is 58.8 cm³/mol. The molecule has 0 aromatic heterocycles. The molecule has 0 aliphatic heterocycles. The van der Waals surface area contributed by atoms with Crippen LogP contribution in [0.5, 0.6) is 0 Å². The number of hydrogen-bond acceptors (Lipinski definition) is 2. The summed E-state index contributed by atoms with van der Waals surface area (Å²) in [7, 11) is 0. The summed E-state index contributed by atoms with van der Waals surface area (Å²) < 4.78 is 5.27. The molecule has 3 nitrogen and oxygen atoms in total. The van der Waals surface area contributed by atoms with E-state index in [1.54, 1.807) is 0 Å². The van der Waals surface area contributed by atoms with Gasteiger partial charge in [0.05, 0.1) is 0 Å². The number of ether oxygens (including phenoxy) is 1. The molecular formula is C12H15NO2. The number of para-hydroxylation sites is 1. The van der Waals surface area contributed by atoms with Crippen LogP contribution in [0, 0.1) is 0 Å². The average molecular weight is 205 g/mol. The van der Waals surface area contributed by atoms with E-state index in [9.17, 15) is 4.79 Å². The van der Waals surface area contributed by atoms with Crippen LogP contribution in [0.25, 0.3) is 0 Å². The van der Waals surface area contributed by atoms with Crippen molar-refractivity contribution in [1.82, 2.24) is 0 Å². The number of nitrogens with one attached hydrogen (secondary N) is 1. The van der Waals surface area contributed by atoms with Crippen molar-refractivity contribution in [2.75, 3.05) is 5.32 Å². The summed E-state index contributed by atoms with van der Waals surface area (Å²) in [5.41, 5.74) is 0.778. The van der Waals surface area contributed by atoms with Crippen molar-refractivity contribution in [2.24, 2.45) is 0 Å². The Hall–Kier alpha value is -1.51. The summed E-state index contributed by atoms with van der Waals surface area (Å²) in [6.07, 6.45) is 4.12. The van der Waals surface area contributed by atoms with Crippen molar-refractivity contribution in [3.63, 3.8) is 0 Å². The highest BCUT2D eigenvalue weighted by Crippen LogP contribution is 2.21. The SMILES string of the molecule is O=C(Nc1ccccc1)OC1CCCC1. The van der Waals surface area contributed by atoms with Crippen molar-refractivity contribution in [3.05, 3.63) is 30.3 Å². The van der Waals surface area contributed by atoms with Gasteiger partial charge in [-0.05, 0) is 37.8 Å². The van der Waals surface area contributed by atoms with Gasteiger partial charge in [-0.25, -0.2) is 4.79 Å². The summed E-state index contributed by atoms with van der Waals surface area (Å²) in [6, 6.07) is 9.36. The van der Waals surface area contributed by atoms with Crippen LogP contribution >= 0.6 is 0 Å². The van der Waals surface area contributed by atoms with Crippen molar-refractivity contribution in [3.8, 4) is 0 Å². The van der Waals surface area contributed by atoms with E-state index in [2.05, 4.69) is 5.32 Å². The molecule has 0 radical (unpaired) electrons. The van der Waals surface area contributed by atoms with Crippen LogP contribution in [0.2, 0.25) is 0 Å².